The smallest absolute Gasteiger partial charge is 0.337 e. The topological polar surface area (TPSA) is 249 Å². The number of anilines is 2. The number of fused-ring (bicyclic) bond motifs is 2. The summed E-state index contributed by atoms with van der Waals surface area (Å²) in [5, 5.41) is 30.1. The molecule has 0 spiro atoms. The van der Waals surface area contributed by atoms with Crippen molar-refractivity contribution in [3.8, 4) is 0 Å². The highest BCUT2D eigenvalue weighted by Crippen LogP contribution is 2.33. The molecule has 1 amide bonds. The lowest BCUT2D eigenvalue weighted by atomic mass is 10.0. The zero-order chi connectivity index (χ0) is 49.5. The first kappa shape index (κ1) is 51.4. The van der Waals surface area contributed by atoms with E-state index in [4.69, 9.17) is 35.0 Å². The molecule has 2 aromatic carbocycles. The van der Waals surface area contributed by atoms with Gasteiger partial charge in [0.15, 0.2) is 11.3 Å². The van der Waals surface area contributed by atoms with Crippen LogP contribution in [0.3, 0.4) is 0 Å². The first-order valence-corrected chi connectivity index (χ1v) is 23.5. The molecule has 6 aromatic rings. The molecular weight excluding hydrogens is 885 g/mol. The van der Waals surface area contributed by atoms with E-state index < -0.39 is 17.9 Å². The number of amides is 1. The first-order chi connectivity index (χ1) is 33.5. The van der Waals surface area contributed by atoms with E-state index >= 15 is 0 Å². The summed E-state index contributed by atoms with van der Waals surface area (Å²) >= 11 is 0. The van der Waals surface area contributed by atoms with Gasteiger partial charge in [-0.1, -0.05) is 26.0 Å². The Morgan fingerprint density at radius 1 is 0.681 bits per heavy atom. The van der Waals surface area contributed by atoms with Gasteiger partial charge in [0, 0.05) is 92.8 Å². The van der Waals surface area contributed by atoms with Gasteiger partial charge in [0.2, 0.25) is 0 Å². The number of carboxylic acid groups (broad SMARTS) is 1. The van der Waals surface area contributed by atoms with Crippen LogP contribution in [0.15, 0.2) is 60.9 Å². The molecule has 2 saturated heterocycles. The van der Waals surface area contributed by atoms with Crippen LogP contribution in [0.4, 0.5) is 11.4 Å². The molecule has 0 aliphatic carbocycles. The van der Waals surface area contributed by atoms with Crippen LogP contribution in [-0.4, -0.2) is 111 Å². The van der Waals surface area contributed by atoms with E-state index in [1.165, 1.54) is 44.6 Å². The van der Waals surface area contributed by atoms with Gasteiger partial charge in [-0.15, -0.1) is 0 Å². The lowest BCUT2D eigenvalue weighted by Crippen LogP contribution is -2.30. The highest BCUT2D eigenvalue weighted by Gasteiger charge is 2.24. The average Bonchev–Trinajstić information content (AvgIpc) is 4.02. The van der Waals surface area contributed by atoms with Gasteiger partial charge in [-0.05, 0) is 88.8 Å². The molecule has 368 valence electrons. The zero-order valence-electron chi connectivity index (χ0n) is 40.3. The van der Waals surface area contributed by atoms with E-state index in [0.29, 0.717) is 30.3 Å². The molecule has 2 fully saturated rings. The fraction of sp³-hybridized carbons (Fsp3) is 0.440. The summed E-state index contributed by atoms with van der Waals surface area (Å²) in [7, 11) is 2.56. The Morgan fingerprint density at radius 3 is 1.55 bits per heavy atom. The first-order valence-electron chi connectivity index (χ1n) is 23.5. The van der Waals surface area contributed by atoms with Crippen LogP contribution in [0.25, 0.3) is 22.1 Å². The predicted molar refractivity (Wildman–Crippen MR) is 262 cm³/mol. The molecule has 0 radical (unpaired) electrons. The van der Waals surface area contributed by atoms with Crippen LogP contribution in [0, 0.1) is 0 Å². The van der Waals surface area contributed by atoms with E-state index in [1.54, 1.807) is 18.2 Å². The molecule has 0 unspecified atom stereocenters. The van der Waals surface area contributed by atoms with Crippen LogP contribution in [0.2, 0.25) is 0 Å². The maximum Gasteiger partial charge on any atom is 0.337 e. The number of hydrogen-bond acceptors (Lipinski definition) is 15. The van der Waals surface area contributed by atoms with Gasteiger partial charge in [0.25, 0.3) is 5.91 Å². The van der Waals surface area contributed by atoms with Crippen molar-refractivity contribution >= 4 is 57.3 Å². The number of carboxylic acids is 1. The molecule has 6 heterocycles. The molecule has 0 bridgehead atoms. The molecule has 6 N–H and O–H groups in total. The summed E-state index contributed by atoms with van der Waals surface area (Å²) in [6.07, 6.45) is 9.23. The number of carbonyl (C=O) groups excluding carboxylic acids is 3. The van der Waals surface area contributed by atoms with Crippen LogP contribution in [0.1, 0.15) is 117 Å². The number of aromatic carboxylic acids is 1. The third-order valence-electron chi connectivity index (χ3n) is 12.1. The number of nitrogens with two attached hydrogens (primary N) is 1. The number of nitrogens with one attached hydrogen (secondary N) is 3. The summed E-state index contributed by atoms with van der Waals surface area (Å²) in [5.41, 5.74) is 15.0. The van der Waals surface area contributed by atoms with Gasteiger partial charge < -0.3 is 45.7 Å². The highest BCUT2D eigenvalue weighted by molar-refractivity contribution is 5.98. The third-order valence-corrected chi connectivity index (χ3v) is 12.1. The quantitative estimate of drug-likeness (QED) is 0.0684. The average molecular weight is 949 g/mol. The van der Waals surface area contributed by atoms with Crippen LogP contribution in [-0.2, 0) is 58.0 Å². The Labute approximate surface area is 401 Å². The van der Waals surface area contributed by atoms with Crippen molar-refractivity contribution in [3.63, 3.8) is 0 Å². The largest absolute Gasteiger partial charge is 0.478 e. The van der Waals surface area contributed by atoms with Crippen LogP contribution < -0.4 is 21.7 Å². The Morgan fingerprint density at radius 2 is 1.12 bits per heavy atom. The number of pyridine rings is 2. The number of esters is 2. The lowest BCUT2D eigenvalue weighted by molar-refractivity contribution is 0.0591. The number of benzene rings is 2. The maximum atomic E-state index is 13.0. The minimum Gasteiger partial charge on any atom is -0.478 e. The second-order valence-electron chi connectivity index (χ2n) is 16.3. The summed E-state index contributed by atoms with van der Waals surface area (Å²) in [6.45, 7) is 13.7. The fourth-order valence-electron chi connectivity index (χ4n) is 8.30. The second kappa shape index (κ2) is 24.9. The van der Waals surface area contributed by atoms with Crippen molar-refractivity contribution in [2.24, 2.45) is 5.73 Å². The van der Waals surface area contributed by atoms with Crippen molar-refractivity contribution in [1.29, 1.82) is 0 Å². The summed E-state index contributed by atoms with van der Waals surface area (Å²) in [4.78, 5) is 56.0. The molecule has 19 heteroatoms. The fourth-order valence-corrected chi connectivity index (χ4v) is 8.30. The van der Waals surface area contributed by atoms with Crippen LogP contribution in [0.5, 0.6) is 0 Å². The van der Waals surface area contributed by atoms with Gasteiger partial charge in [-0.25, -0.2) is 33.7 Å². The van der Waals surface area contributed by atoms with Crippen molar-refractivity contribution in [2.45, 2.75) is 104 Å². The minimum atomic E-state index is -1.06. The Bertz CT molecular complexity index is 2720. The Hall–Kier alpha value is -6.96. The van der Waals surface area contributed by atoms with E-state index in [1.807, 2.05) is 28.7 Å². The molecule has 0 saturated carbocycles. The number of rotatable bonds is 15. The van der Waals surface area contributed by atoms with Crippen molar-refractivity contribution in [2.75, 3.05) is 51.3 Å². The van der Waals surface area contributed by atoms with Gasteiger partial charge in [-0.2, -0.15) is 10.2 Å². The number of ether oxygens (including phenoxy) is 4. The molecule has 4 aromatic heterocycles. The molecule has 2 aliphatic heterocycles. The van der Waals surface area contributed by atoms with E-state index in [0.717, 1.165) is 134 Å². The number of nitrogens with zero attached hydrogens (tertiary/aromatic N) is 6. The van der Waals surface area contributed by atoms with Crippen molar-refractivity contribution in [3.05, 3.63) is 106 Å². The van der Waals surface area contributed by atoms with Crippen molar-refractivity contribution < 1.29 is 43.2 Å². The van der Waals surface area contributed by atoms with Crippen molar-refractivity contribution in [1.82, 2.24) is 34.8 Å². The highest BCUT2D eigenvalue weighted by atomic mass is 16.5. The molecule has 8 rings (SSSR count). The molecule has 0 atom stereocenters. The summed E-state index contributed by atoms with van der Waals surface area (Å²) < 4.78 is 24.0. The van der Waals surface area contributed by atoms with Gasteiger partial charge >= 0.3 is 17.9 Å². The van der Waals surface area contributed by atoms with E-state index in [-0.39, 0.29) is 23.1 Å². The SMILES string of the molecule is CCc1nc2c(cnn2CC)c(NC2CCOCC2)c1CN.CCc1nc2c(cnn2CC)c(NC2CCOCC2)c1CNC(=O)c1cccc(C(=O)OC)c1.COC(=O)c1cccc(C(=O)O)c1. The van der Waals surface area contributed by atoms with Gasteiger partial charge in [-0.3, -0.25) is 4.79 Å². The third kappa shape index (κ3) is 12.6. The lowest BCUT2D eigenvalue weighted by Gasteiger charge is -2.26. The number of methoxy groups -OCH3 is 2. The molecule has 69 heavy (non-hydrogen) atoms. The molecular formula is C50H64N10O9. The Kier molecular flexibility index (Phi) is 18.5. The summed E-state index contributed by atoms with van der Waals surface area (Å²) in [5.74, 6) is -2.35. The van der Waals surface area contributed by atoms with E-state index in [9.17, 15) is 19.2 Å². The monoisotopic (exact) mass is 948 g/mol. The maximum absolute atomic E-state index is 13.0. The predicted octanol–water partition coefficient (Wildman–Crippen LogP) is 6.56. The number of hydrogen-bond donors (Lipinski definition) is 5. The minimum absolute atomic E-state index is 0.0721. The zero-order valence-corrected chi connectivity index (χ0v) is 40.3. The standard InChI is InChI=1S/C25H31N5O4.C16H25N5O.C9H8O4/c1-4-21-19(14-26-24(31)16-7-6-8-17(13-16)25(32)33-3)22(28-18-9-11-34-12-10-18)20-15-27-30(5-2)23(20)29-21;1-3-14-12(9-17)15(19-11-5-7-22-8-6-11)13-10-18-21(4-2)16(13)20-14;1-13-9(12)7-4-2-3-6(5-7)8(10)11/h6-8,13,15,18H,4-5,9-12,14H2,1-3H3,(H,26,31)(H,28,29);10-11H,3-9,17H2,1-2H3,(H,19,20);2-5H,1H3,(H,10,11). The Balaban J connectivity index is 0.000000190. The second-order valence-corrected chi connectivity index (χ2v) is 16.3. The normalized spacial score (nSPS) is 14.0. The molecule has 19 nitrogen and oxygen atoms in total. The number of aromatic nitrogens is 6. The number of aryl methyl sites for hydroxylation is 4. The molecule has 2 aliphatic rings. The van der Waals surface area contributed by atoms with Crippen LogP contribution >= 0.6 is 0 Å². The number of carbonyl (C=O) groups is 4. The van der Waals surface area contributed by atoms with Gasteiger partial charge in [0.05, 0.1) is 65.5 Å². The van der Waals surface area contributed by atoms with E-state index in [2.05, 4.69) is 51.7 Å². The van der Waals surface area contributed by atoms with Gasteiger partial charge in [0.1, 0.15) is 0 Å². The summed E-state index contributed by atoms with van der Waals surface area (Å²) in [6, 6.07) is 12.9.